The van der Waals surface area contributed by atoms with Crippen LogP contribution in [0.25, 0.3) is 21.6 Å². The normalized spacial score (nSPS) is 14.8. The van der Waals surface area contributed by atoms with E-state index in [-0.39, 0.29) is 23.9 Å². The number of nitrogens with zero attached hydrogens (tertiary/aromatic N) is 4. The van der Waals surface area contributed by atoms with Crippen molar-refractivity contribution in [1.82, 2.24) is 25.0 Å². The Bertz CT molecular complexity index is 1330. The van der Waals surface area contributed by atoms with E-state index < -0.39 is 0 Å². The number of likely N-dealkylation sites (tertiary alicyclic amines) is 1. The first kappa shape index (κ1) is 22.3. The van der Waals surface area contributed by atoms with Gasteiger partial charge in [-0.25, -0.2) is 9.67 Å². The highest BCUT2D eigenvalue weighted by Gasteiger charge is 2.28. The van der Waals surface area contributed by atoms with Crippen molar-refractivity contribution in [1.29, 1.82) is 0 Å². The quantitative estimate of drug-likeness (QED) is 0.451. The number of thiophene rings is 1. The number of nitrogens with one attached hydrogen (secondary N) is 1. The van der Waals surface area contributed by atoms with E-state index in [9.17, 15) is 9.59 Å². The third-order valence-electron chi connectivity index (χ3n) is 6.25. The smallest absolute Gasteiger partial charge is 0.287 e. The second kappa shape index (κ2) is 9.06. The molecule has 1 saturated heterocycles. The molecule has 0 bridgehead atoms. The minimum absolute atomic E-state index is 0.00359. The zero-order valence-electron chi connectivity index (χ0n) is 19.4. The molecule has 0 radical (unpaired) electrons. The first-order valence-electron chi connectivity index (χ1n) is 11.5. The van der Waals surface area contributed by atoms with Crippen LogP contribution in [-0.4, -0.2) is 50.6 Å². The molecule has 1 fully saturated rings. The molecule has 4 aromatic rings. The lowest BCUT2D eigenvalue weighted by Crippen LogP contribution is -2.46. The molecule has 1 aliphatic heterocycles. The molecule has 0 unspecified atom stereocenters. The van der Waals surface area contributed by atoms with E-state index in [1.54, 1.807) is 23.6 Å². The average Bonchev–Trinajstić information content (AvgIpc) is 3.59. The molecule has 0 aliphatic carbocycles. The number of aryl methyl sites for hydroxylation is 1. The minimum Gasteiger partial charge on any atom is -0.459 e. The Morgan fingerprint density at radius 1 is 1.24 bits per heavy atom. The summed E-state index contributed by atoms with van der Waals surface area (Å²) < 4.78 is 7.16. The van der Waals surface area contributed by atoms with E-state index in [4.69, 9.17) is 9.40 Å². The van der Waals surface area contributed by atoms with Crippen LogP contribution in [0.3, 0.4) is 0 Å². The summed E-state index contributed by atoms with van der Waals surface area (Å²) in [5.74, 6) is 0.117. The number of pyridine rings is 1. The zero-order valence-corrected chi connectivity index (χ0v) is 20.3. The van der Waals surface area contributed by atoms with Crippen molar-refractivity contribution >= 4 is 34.2 Å². The number of piperidine rings is 1. The van der Waals surface area contributed by atoms with E-state index in [1.165, 1.54) is 6.26 Å². The number of aromatic nitrogens is 3. The van der Waals surface area contributed by atoms with Gasteiger partial charge in [-0.2, -0.15) is 5.10 Å². The highest BCUT2D eigenvalue weighted by molar-refractivity contribution is 7.13. The van der Waals surface area contributed by atoms with Crippen molar-refractivity contribution in [2.45, 2.75) is 45.7 Å². The van der Waals surface area contributed by atoms with Crippen LogP contribution < -0.4 is 5.32 Å². The number of hydrogen-bond acceptors (Lipinski definition) is 6. The van der Waals surface area contributed by atoms with Gasteiger partial charge in [-0.15, -0.1) is 11.3 Å². The number of hydrogen-bond donors (Lipinski definition) is 1. The Hall–Kier alpha value is -3.46. The van der Waals surface area contributed by atoms with Crippen molar-refractivity contribution in [3.05, 3.63) is 59.0 Å². The van der Waals surface area contributed by atoms with Crippen molar-refractivity contribution in [2.75, 3.05) is 13.1 Å². The van der Waals surface area contributed by atoms with Crippen LogP contribution >= 0.6 is 11.3 Å². The Balaban J connectivity index is 1.36. The maximum atomic E-state index is 13.6. The van der Waals surface area contributed by atoms with Crippen LogP contribution in [-0.2, 0) is 0 Å². The van der Waals surface area contributed by atoms with Crippen molar-refractivity contribution < 1.29 is 14.0 Å². The summed E-state index contributed by atoms with van der Waals surface area (Å²) in [5, 5.41) is 10.3. The van der Waals surface area contributed by atoms with Crippen molar-refractivity contribution in [3.63, 3.8) is 0 Å². The molecular formula is C25H27N5O3S. The number of carbonyl (C=O) groups is 2. The fraction of sp³-hybridized carbons (Fsp3) is 0.360. The molecule has 0 spiro atoms. The summed E-state index contributed by atoms with van der Waals surface area (Å²) in [6.07, 6.45) is 4.64. The molecule has 0 aromatic carbocycles. The molecule has 2 amide bonds. The van der Waals surface area contributed by atoms with Gasteiger partial charge in [-0.05, 0) is 57.2 Å². The Labute approximate surface area is 201 Å². The zero-order chi connectivity index (χ0) is 23.8. The monoisotopic (exact) mass is 477 g/mol. The van der Waals surface area contributed by atoms with Gasteiger partial charge in [0.05, 0.1) is 34.0 Å². The molecule has 4 aromatic heterocycles. The number of amides is 2. The summed E-state index contributed by atoms with van der Waals surface area (Å²) in [6.45, 7) is 7.09. The second-order valence-electron chi connectivity index (χ2n) is 8.93. The minimum atomic E-state index is -0.204. The first-order valence-corrected chi connectivity index (χ1v) is 12.4. The predicted molar refractivity (Wildman–Crippen MR) is 131 cm³/mol. The largest absolute Gasteiger partial charge is 0.459 e. The third kappa shape index (κ3) is 4.11. The third-order valence-corrected chi connectivity index (χ3v) is 7.14. The molecular weight excluding hydrogens is 450 g/mol. The summed E-state index contributed by atoms with van der Waals surface area (Å²) in [4.78, 5) is 33.8. The second-order valence-corrected chi connectivity index (χ2v) is 9.87. The van der Waals surface area contributed by atoms with Gasteiger partial charge >= 0.3 is 0 Å². The standard InChI is InChI=1S/C25H27N5O3S/c1-15(2)30-23-19(14-26-30)18(13-20(28-23)21-5-4-12-34-21)25(32)29-9-6-17(7-10-29)27-24(31)22-16(3)8-11-33-22/h4-5,8,11-15,17H,6-7,9-10H2,1-3H3,(H,27,31). The molecule has 8 nitrogen and oxygen atoms in total. The van der Waals surface area contributed by atoms with Gasteiger partial charge in [0.25, 0.3) is 11.8 Å². The fourth-order valence-corrected chi connectivity index (χ4v) is 5.06. The molecule has 176 valence electrons. The highest BCUT2D eigenvalue weighted by atomic mass is 32.1. The molecule has 1 N–H and O–H groups in total. The topological polar surface area (TPSA) is 93.3 Å². The van der Waals surface area contributed by atoms with Gasteiger partial charge in [0, 0.05) is 30.7 Å². The molecule has 34 heavy (non-hydrogen) atoms. The van der Waals surface area contributed by atoms with Gasteiger partial charge in [-0.3, -0.25) is 9.59 Å². The van der Waals surface area contributed by atoms with Crippen LogP contribution in [0.15, 0.2) is 46.5 Å². The first-order chi connectivity index (χ1) is 16.4. The molecule has 9 heteroatoms. The lowest BCUT2D eigenvalue weighted by atomic mass is 10.0. The van der Waals surface area contributed by atoms with Crippen LogP contribution in [0.5, 0.6) is 0 Å². The predicted octanol–water partition coefficient (Wildman–Crippen LogP) is 4.68. The maximum absolute atomic E-state index is 13.6. The lowest BCUT2D eigenvalue weighted by molar-refractivity contribution is 0.0697. The SMILES string of the molecule is Cc1ccoc1C(=O)NC1CCN(C(=O)c2cc(-c3cccs3)nc3c2cnn3C(C)C)CC1. The summed E-state index contributed by atoms with van der Waals surface area (Å²) >= 11 is 1.60. The molecule has 0 saturated carbocycles. The number of fused-ring (bicyclic) bond motifs is 1. The van der Waals surface area contributed by atoms with Gasteiger partial charge in [0.2, 0.25) is 0 Å². The number of rotatable bonds is 5. The van der Waals surface area contributed by atoms with E-state index in [1.807, 2.05) is 40.1 Å². The van der Waals surface area contributed by atoms with E-state index in [0.29, 0.717) is 37.3 Å². The van der Waals surface area contributed by atoms with Crippen LogP contribution in [0.2, 0.25) is 0 Å². The average molecular weight is 478 g/mol. The maximum Gasteiger partial charge on any atom is 0.287 e. The van der Waals surface area contributed by atoms with Crippen molar-refractivity contribution in [2.24, 2.45) is 0 Å². The van der Waals surface area contributed by atoms with E-state index in [0.717, 1.165) is 27.2 Å². The lowest BCUT2D eigenvalue weighted by Gasteiger charge is -2.32. The molecule has 0 atom stereocenters. The molecule has 5 rings (SSSR count). The Morgan fingerprint density at radius 2 is 2.03 bits per heavy atom. The van der Waals surface area contributed by atoms with Gasteiger partial charge in [-0.1, -0.05) is 6.07 Å². The summed E-state index contributed by atoms with van der Waals surface area (Å²) in [6, 6.07) is 7.79. The highest BCUT2D eigenvalue weighted by Crippen LogP contribution is 2.30. The number of furan rings is 1. The van der Waals surface area contributed by atoms with E-state index >= 15 is 0 Å². The van der Waals surface area contributed by atoms with Gasteiger partial charge in [0.15, 0.2) is 11.4 Å². The summed E-state index contributed by atoms with van der Waals surface area (Å²) in [5.41, 5.74) is 2.94. The Kier molecular flexibility index (Phi) is 5.95. The number of carbonyl (C=O) groups excluding carboxylic acids is 2. The fourth-order valence-electron chi connectivity index (χ4n) is 4.38. The van der Waals surface area contributed by atoms with Gasteiger partial charge in [0.1, 0.15) is 0 Å². The van der Waals surface area contributed by atoms with Gasteiger partial charge < -0.3 is 14.6 Å². The van der Waals surface area contributed by atoms with Crippen LogP contribution in [0, 0.1) is 6.92 Å². The van der Waals surface area contributed by atoms with E-state index in [2.05, 4.69) is 24.3 Å². The van der Waals surface area contributed by atoms with Crippen LogP contribution in [0.4, 0.5) is 0 Å². The Morgan fingerprint density at radius 3 is 2.68 bits per heavy atom. The van der Waals surface area contributed by atoms with Crippen LogP contribution in [0.1, 0.15) is 59.2 Å². The molecule has 1 aliphatic rings. The molecule has 5 heterocycles. The summed E-state index contributed by atoms with van der Waals surface area (Å²) in [7, 11) is 0. The van der Waals surface area contributed by atoms with Crippen molar-refractivity contribution in [3.8, 4) is 10.6 Å².